The lowest BCUT2D eigenvalue weighted by atomic mass is 9.99. The summed E-state index contributed by atoms with van der Waals surface area (Å²) in [6.45, 7) is 3.43. The summed E-state index contributed by atoms with van der Waals surface area (Å²) in [7, 11) is -6.10. The van der Waals surface area contributed by atoms with Crippen molar-refractivity contribution in [2.75, 3.05) is 37.7 Å². The molecule has 12 heteroatoms. The molecule has 192 valence electrons. The van der Waals surface area contributed by atoms with Crippen LogP contribution in [0, 0.1) is 5.92 Å². The normalized spacial score (nSPS) is 19.9. The number of carbonyl (C=O) groups excluding carboxylic acids is 1. The van der Waals surface area contributed by atoms with Gasteiger partial charge in [-0.05, 0) is 31.2 Å². The smallest absolute Gasteiger partial charge is 0.262 e. The molecule has 0 unspecified atom stereocenters. The van der Waals surface area contributed by atoms with Crippen molar-refractivity contribution in [2.24, 2.45) is 5.92 Å². The monoisotopic (exact) mass is 525 g/mol. The number of benzene rings is 2. The summed E-state index contributed by atoms with van der Waals surface area (Å²) in [6.07, 6.45) is 0.370. The highest BCUT2D eigenvalue weighted by molar-refractivity contribution is 7.92. The molecule has 1 amide bonds. The molecule has 3 atom stereocenters. The first kappa shape index (κ1) is 26.9. The Morgan fingerprint density at radius 2 is 1.80 bits per heavy atom. The van der Waals surface area contributed by atoms with E-state index in [-0.39, 0.29) is 47.5 Å². The largest absolute Gasteiger partial charge is 0.486 e. The van der Waals surface area contributed by atoms with Crippen molar-refractivity contribution >= 4 is 31.6 Å². The van der Waals surface area contributed by atoms with E-state index in [1.165, 1.54) is 42.3 Å². The Balaban J connectivity index is 2.11. The second-order valence-corrected chi connectivity index (χ2v) is 12.5. The first-order chi connectivity index (χ1) is 16.3. The fourth-order valence-electron chi connectivity index (χ4n) is 3.73. The number of sulfonamides is 2. The van der Waals surface area contributed by atoms with Gasteiger partial charge in [0.1, 0.15) is 6.10 Å². The third-order valence-corrected chi connectivity index (χ3v) is 8.65. The van der Waals surface area contributed by atoms with E-state index < -0.39 is 38.1 Å². The lowest BCUT2D eigenvalue weighted by Gasteiger charge is -2.38. The molecule has 1 heterocycles. The molecule has 0 spiro atoms. The van der Waals surface area contributed by atoms with Gasteiger partial charge in [0.05, 0.1) is 41.6 Å². The average Bonchev–Trinajstić information content (AvgIpc) is 2.81. The molecular weight excluding hydrogens is 494 g/mol. The third-order valence-electron chi connectivity index (χ3n) is 5.99. The molecule has 35 heavy (non-hydrogen) atoms. The topological polar surface area (TPSA) is 133 Å². The Morgan fingerprint density at radius 1 is 1.14 bits per heavy atom. The molecule has 2 aromatic rings. The molecule has 1 aliphatic heterocycles. The highest BCUT2D eigenvalue weighted by Gasteiger charge is 2.35. The number of hydrogen-bond donors (Lipinski definition) is 2. The van der Waals surface area contributed by atoms with Gasteiger partial charge >= 0.3 is 0 Å². The SMILES string of the molecule is C[C@@H]1CN([C@H](C)CO)C(=O)c2cccc(NS(=O)(=O)c3ccccc3)c2O[C@@H]1CN(C)S(C)(=O)=O. The van der Waals surface area contributed by atoms with Gasteiger partial charge in [-0.15, -0.1) is 0 Å². The number of amides is 1. The fourth-order valence-corrected chi connectivity index (χ4v) is 5.24. The van der Waals surface area contributed by atoms with Crippen LogP contribution in [-0.4, -0.2) is 82.2 Å². The van der Waals surface area contributed by atoms with Gasteiger partial charge in [-0.1, -0.05) is 31.2 Å². The van der Waals surface area contributed by atoms with E-state index in [0.29, 0.717) is 0 Å². The Labute approximate surface area is 206 Å². The molecule has 2 N–H and O–H groups in total. The molecule has 3 rings (SSSR count). The second-order valence-electron chi connectivity index (χ2n) is 8.77. The maximum Gasteiger partial charge on any atom is 0.262 e. The van der Waals surface area contributed by atoms with Crippen molar-refractivity contribution in [1.29, 1.82) is 0 Å². The van der Waals surface area contributed by atoms with E-state index >= 15 is 0 Å². The summed E-state index contributed by atoms with van der Waals surface area (Å²) < 4.78 is 60.0. The van der Waals surface area contributed by atoms with Gasteiger partial charge in [-0.3, -0.25) is 9.52 Å². The van der Waals surface area contributed by atoms with Crippen molar-refractivity contribution in [2.45, 2.75) is 30.9 Å². The maximum atomic E-state index is 13.5. The first-order valence-electron chi connectivity index (χ1n) is 11.1. The molecule has 10 nitrogen and oxygen atoms in total. The number of nitrogens with one attached hydrogen (secondary N) is 1. The first-order valence-corrected chi connectivity index (χ1v) is 14.4. The van der Waals surface area contributed by atoms with E-state index in [2.05, 4.69) is 4.72 Å². The van der Waals surface area contributed by atoms with Crippen molar-refractivity contribution in [1.82, 2.24) is 9.21 Å². The number of rotatable bonds is 8. The van der Waals surface area contributed by atoms with Crippen LogP contribution in [-0.2, 0) is 20.0 Å². The van der Waals surface area contributed by atoms with Crippen LogP contribution < -0.4 is 9.46 Å². The third kappa shape index (κ3) is 6.13. The van der Waals surface area contributed by atoms with Crippen LogP contribution >= 0.6 is 0 Å². The van der Waals surface area contributed by atoms with E-state index in [1.54, 1.807) is 25.1 Å². The van der Waals surface area contributed by atoms with Crippen LogP contribution in [0.15, 0.2) is 53.4 Å². The summed E-state index contributed by atoms with van der Waals surface area (Å²) in [5.74, 6) is -0.765. The molecule has 2 aromatic carbocycles. The van der Waals surface area contributed by atoms with Crippen molar-refractivity contribution in [3.05, 3.63) is 54.1 Å². The predicted molar refractivity (Wildman–Crippen MR) is 132 cm³/mol. The summed E-state index contributed by atoms with van der Waals surface area (Å²) in [6, 6.07) is 11.8. The van der Waals surface area contributed by atoms with Crippen molar-refractivity contribution < 1.29 is 31.5 Å². The van der Waals surface area contributed by atoms with Crippen LogP contribution in [0.2, 0.25) is 0 Å². The quantitative estimate of drug-likeness (QED) is 0.535. The lowest BCUT2D eigenvalue weighted by molar-refractivity contribution is 0.0389. The molecule has 0 fully saturated rings. The Morgan fingerprint density at radius 3 is 2.40 bits per heavy atom. The van der Waals surface area contributed by atoms with Crippen LogP contribution in [0.5, 0.6) is 5.75 Å². The maximum absolute atomic E-state index is 13.5. The van der Waals surface area contributed by atoms with E-state index in [0.717, 1.165) is 10.6 Å². The zero-order chi connectivity index (χ0) is 26.0. The van der Waals surface area contributed by atoms with Crippen LogP contribution in [0.1, 0.15) is 24.2 Å². The van der Waals surface area contributed by atoms with Crippen LogP contribution in [0.3, 0.4) is 0 Å². The lowest BCUT2D eigenvalue weighted by Crippen LogP contribution is -2.50. The van der Waals surface area contributed by atoms with Gasteiger partial charge in [-0.25, -0.2) is 21.1 Å². The van der Waals surface area contributed by atoms with Gasteiger partial charge in [0.15, 0.2) is 5.75 Å². The van der Waals surface area contributed by atoms with Gasteiger partial charge in [0, 0.05) is 19.5 Å². The minimum absolute atomic E-state index is 0.00518. The minimum Gasteiger partial charge on any atom is -0.486 e. The zero-order valence-electron chi connectivity index (χ0n) is 20.1. The van der Waals surface area contributed by atoms with Gasteiger partial charge in [0.25, 0.3) is 15.9 Å². The summed E-state index contributed by atoms with van der Waals surface area (Å²) in [5, 5.41) is 9.75. The highest BCUT2D eigenvalue weighted by atomic mass is 32.2. The highest BCUT2D eigenvalue weighted by Crippen LogP contribution is 2.36. The second kappa shape index (κ2) is 10.5. The molecule has 0 saturated heterocycles. The van der Waals surface area contributed by atoms with Crippen molar-refractivity contribution in [3.63, 3.8) is 0 Å². The fraction of sp³-hybridized carbons (Fsp3) is 0.435. The summed E-state index contributed by atoms with van der Waals surface area (Å²) >= 11 is 0. The minimum atomic E-state index is -4.00. The number of nitrogens with zero attached hydrogens (tertiary/aromatic N) is 2. The number of anilines is 1. The number of aliphatic hydroxyl groups is 1. The number of fused-ring (bicyclic) bond motifs is 1. The number of aliphatic hydroxyl groups excluding tert-OH is 1. The number of ether oxygens (including phenoxy) is 1. The van der Waals surface area contributed by atoms with Gasteiger partial charge < -0.3 is 14.7 Å². The number of para-hydroxylation sites is 1. The summed E-state index contributed by atoms with van der Waals surface area (Å²) in [4.78, 5) is 15.0. The average molecular weight is 526 g/mol. The summed E-state index contributed by atoms with van der Waals surface area (Å²) in [5.41, 5.74) is 0.162. The molecule has 0 aromatic heterocycles. The molecule has 1 aliphatic rings. The van der Waals surface area contributed by atoms with Gasteiger partial charge in [-0.2, -0.15) is 0 Å². The molecule has 0 aliphatic carbocycles. The van der Waals surface area contributed by atoms with Gasteiger partial charge in [0.2, 0.25) is 10.0 Å². The Bertz CT molecular complexity index is 1270. The molecule has 0 saturated carbocycles. The molecule has 0 radical (unpaired) electrons. The van der Waals surface area contributed by atoms with E-state index in [4.69, 9.17) is 4.74 Å². The zero-order valence-corrected chi connectivity index (χ0v) is 21.7. The predicted octanol–water partition coefficient (Wildman–Crippen LogP) is 1.60. The van der Waals surface area contributed by atoms with Crippen LogP contribution in [0.25, 0.3) is 0 Å². The van der Waals surface area contributed by atoms with Crippen molar-refractivity contribution in [3.8, 4) is 5.75 Å². The molecular formula is C23H31N3O7S2. The van der Waals surface area contributed by atoms with E-state index in [9.17, 15) is 26.7 Å². The number of likely N-dealkylation sites (N-methyl/N-ethyl adjacent to an activating group) is 1. The van der Waals surface area contributed by atoms with E-state index in [1.807, 2.05) is 6.92 Å². The number of carbonyl (C=O) groups is 1. The molecule has 0 bridgehead atoms. The standard InChI is InChI=1S/C23H31N3O7S2/c1-16-13-26(17(2)15-27)23(28)19-11-8-12-20(24-35(31,32)18-9-6-5-7-10-18)22(19)33-21(16)14-25(3)34(4,29)30/h5-12,16-17,21,24,27H,13-15H2,1-4H3/t16-,17-,21-/m1/s1. The Hall–Kier alpha value is -2.67. The number of hydrogen-bond acceptors (Lipinski definition) is 7. The van der Waals surface area contributed by atoms with Crippen LogP contribution in [0.4, 0.5) is 5.69 Å². The Kier molecular flexibility index (Phi) is 8.10.